The largest absolute Gasteiger partial charge is 0.481 e. The van der Waals surface area contributed by atoms with E-state index in [1.54, 1.807) is 0 Å². The van der Waals surface area contributed by atoms with Crippen molar-refractivity contribution in [2.24, 2.45) is 5.92 Å². The fourth-order valence-electron chi connectivity index (χ4n) is 3.90. The third kappa shape index (κ3) is 3.29. The van der Waals surface area contributed by atoms with Crippen LogP contribution in [0.3, 0.4) is 0 Å². The molecule has 2 bridgehead atoms. The smallest absolute Gasteiger partial charge is 0.332 e. The van der Waals surface area contributed by atoms with Crippen molar-refractivity contribution in [1.29, 1.82) is 0 Å². The molecule has 0 radical (unpaired) electrons. The molecule has 0 aromatic carbocycles. The third-order valence-corrected chi connectivity index (χ3v) is 4.79. The number of carbonyl (C=O) groups excluding carboxylic acids is 1. The molecule has 7 nitrogen and oxygen atoms in total. The van der Waals surface area contributed by atoms with Gasteiger partial charge >= 0.3 is 12.0 Å². The van der Waals surface area contributed by atoms with Crippen LogP contribution in [0, 0.1) is 5.92 Å². The number of nitrogens with zero attached hydrogens (tertiary/aromatic N) is 2. The monoisotopic (exact) mass is 297 g/mol. The predicted molar refractivity (Wildman–Crippen MR) is 74.5 cm³/mol. The first-order valence-corrected chi connectivity index (χ1v) is 7.77. The third-order valence-electron chi connectivity index (χ3n) is 4.79. The number of morpholine rings is 1. The fraction of sp³-hybridized carbons (Fsp3) is 0.857. The first-order valence-electron chi connectivity index (χ1n) is 7.77. The number of hydrazine groups is 1. The minimum atomic E-state index is -0.731. The number of aliphatic carboxylic acids is 1. The zero-order valence-electron chi connectivity index (χ0n) is 12.2. The first kappa shape index (κ1) is 14.6. The number of hydrogen-bond acceptors (Lipinski definition) is 4. The maximum Gasteiger partial charge on any atom is 0.332 e. The van der Waals surface area contributed by atoms with Gasteiger partial charge in [0.1, 0.15) is 0 Å². The maximum absolute atomic E-state index is 12.5. The molecule has 0 saturated carbocycles. The highest BCUT2D eigenvalue weighted by atomic mass is 16.5. The normalized spacial score (nSPS) is 33.0. The number of nitrogens with one attached hydrogen (secondary N) is 1. The Labute approximate surface area is 124 Å². The van der Waals surface area contributed by atoms with E-state index in [0.717, 1.165) is 38.8 Å². The molecule has 2 amide bonds. The van der Waals surface area contributed by atoms with Crippen LogP contribution in [0.15, 0.2) is 0 Å². The summed E-state index contributed by atoms with van der Waals surface area (Å²) in [5.74, 6) is -0.516. The molecule has 3 rings (SSSR count). The Kier molecular flexibility index (Phi) is 4.30. The molecule has 2 unspecified atom stereocenters. The molecule has 0 spiro atoms. The second-order valence-corrected chi connectivity index (χ2v) is 6.24. The van der Waals surface area contributed by atoms with E-state index in [1.807, 2.05) is 9.91 Å². The lowest BCUT2D eigenvalue weighted by Crippen LogP contribution is -2.57. The Morgan fingerprint density at radius 2 is 1.76 bits per heavy atom. The number of ether oxygens (including phenoxy) is 1. The molecular weight excluding hydrogens is 274 g/mol. The van der Waals surface area contributed by atoms with E-state index in [1.165, 1.54) is 0 Å². The lowest BCUT2D eigenvalue weighted by Gasteiger charge is -2.40. The molecule has 0 aliphatic carbocycles. The van der Waals surface area contributed by atoms with Crippen LogP contribution in [0.25, 0.3) is 0 Å². The summed E-state index contributed by atoms with van der Waals surface area (Å²) in [6.07, 6.45) is 3.86. The van der Waals surface area contributed by atoms with Crippen LogP contribution in [0.5, 0.6) is 0 Å². The van der Waals surface area contributed by atoms with E-state index in [9.17, 15) is 9.59 Å². The molecule has 0 aromatic heterocycles. The van der Waals surface area contributed by atoms with Crippen molar-refractivity contribution in [2.45, 2.75) is 44.2 Å². The summed E-state index contributed by atoms with van der Waals surface area (Å²) in [6, 6.07) is 0.376. The second kappa shape index (κ2) is 6.19. The van der Waals surface area contributed by atoms with Gasteiger partial charge in [-0.2, -0.15) is 0 Å². The lowest BCUT2D eigenvalue weighted by atomic mass is 9.88. The van der Waals surface area contributed by atoms with Gasteiger partial charge in [-0.05, 0) is 31.6 Å². The number of fused-ring (bicyclic) bond motifs is 2. The van der Waals surface area contributed by atoms with E-state index in [2.05, 4.69) is 5.43 Å². The van der Waals surface area contributed by atoms with Crippen molar-refractivity contribution in [2.75, 3.05) is 26.3 Å². The van der Waals surface area contributed by atoms with Gasteiger partial charge in [0, 0.05) is 31.6 Å². The minimum Gasteiger partial charge on any atom is -0.481 e. The van der Waals surface area contributed by atoms with Crippen LogP contribution in [0.2, 0.25) is 0 Å². The van der Waals surface area contributed by atoms with E-state index < -0.39 is 5.97 Å². The van der Waals surface area contributed by atoms with Crippen molar-refractivity contribution in [1.82, 2.24) is 15.3 Å². The average molecular weight is 297 g/mol. The topological polar surface area (TPSA) is 82.1 Å². The van der Waals surface area contributed by atoms with Crippen LogP contribution >= 0.6 is 0 Å². The highest BCUT2D eigenvalue weighted by Gasteiger charge is 2.43. The Morgan fingerprint density at radius 1 is 1.14 bits per heavy atom. The molecule has 3 aliphatic rings. The fourth-order valence-corrected chi connectivity index (χ4v) is 3.90. The average Bonchev–Trinajstić information content (AvgIpc) is 2.71. The van der Waals surface area contributed by atoms with Gasteiger partial charge in [0.15, 0.2) is 0 Å². The molecule has 7 heteroatoms. The molecule has 2 atom stereocenters. The Morgan fingerprint density at radius 3 is 2.33 bits per heavy atom. The number of carboxylic acid groups (broad SMARTS) is 1. The Bertz CT molecular complexity index is 397. The molecule has 118 valence electrons. The zero-order chi connectivity index (χ0) is 14.8. The van der Waals surface area contributed by atoms with Gasteiger partial charge in [0.05, 0.1) is 13.2 Å². The highest BCUT2D eigenvalue weighted by Crippen LogP contribution is 2.39. The molecule has 2 N–H and O–H groups in total. The van der Waals surface area contributed by atoms with E-state index in [0.29, 0.717) is 13.2 Å². The number of rotatable bonds is 3. The molecule has 3 saturated heterocycles. The summed E-state index contributed by atoms with van der Waals surface area (Å²) in [5, 5.41) is 10.9. The van der Waals surface area contributed by atoms with E-state index in [-0.39, 0.29) is 30.5 Å². The maximum atomic E-state index is 12.5. The molecular formula is C14H23N3O4. The van der Waals surface area contributed by atoms with Crippen molar-refractivity contribution >= 4 is 12.0 Å². The van der Waals surface area contributed by atoms with Gasteiger partial charge in [-0.25, -0.2) is 9.80 Å². The molecule has 0 aromatic rings. The van der Waals surface area contributed by atoms with Crippen molar-refractivity contribution < 1.29 is 19.4 Å². The molecule has 3 heterocycles. The van der Waals surface area contributed by atoms with E-state index in [4.69, 9.17) is 9.84 Å². The summed E-state index contributed by atoms with van der Waals surface area (Å²) in [7, 11) is 0. The van der Waals surface area contributed by atoms with Crippen molar-refractivity contribution in [3.05, 3.63) is 0 Å². The highest BCUT2D eigenvalue weighted by molar-refractivity contribution is 5.75. The summed E-state index contributed by atoms with van der Waals surface area (Å²) >= 11 is 0. The quantitative estimate of drug-likeness (QED) is 0.800. The van der Waals surface area contributed by atoms with Crippen LogP contribution in [0.1, 0.15) is 32.1 Å². The minimum absolute atomic E-state index is 0.0295. The SMILES string of the molecule is O=C(O)CC1CC2CCC(C1)N2C(=O)NN1CCOCC1. The van der Waals surface area contributed by atoms with Gasteiger partial charge < -0.3 is 14.7 Å². The summed E-state index contributed by atoms with van der Waals surface area (Å²) in [4.78, 5) is 25.3. The van der Waals surface area contributed by atoms with Gasteiger partial charge in [0.25, 0.3) is 0 Å². The van der Waals surface area contributed by atoms with Crippen LogP contribution in [-0.2, 0) is 9.53 Å². The van der Waals surface area contributed by atoms with Gasteiger partial charge in [-0.15, -0.1) is 0 Å². The number of amides is 2. The first-order chi connectivity index (χ1) is 10.1. The zero-order valence-corrected chi connectivity index (χ0v) is 12.2. The second-order valence-electron chi connectivity index (χ2n) is 6.24. The molecule has 21 heavy (non-hydrogen) atoms. The lowest BCUT2D eigenvalue weighted by molar-refractivity contribution is -0.138. The standard InChI is InChI=1S/C14H23N3O4/c18-13(19)9-10-7-11-1-2-12(8-10)17(11)14(20)15-16-3-5-21-6-4-16/h10-12H,1-9H2,(H,15,20)(H,18,19). The Hall–Kier alpha value is -1.34. The number of carbonyl (C=O) groups is 2. The van der Waals surface area contributed by atoms with Gasteiger partial charge in [0.2, 0.25) is 0 Å². The van der Waals surface area contributed by atoms with Gasteiger partial charge in [-0.1, -0.05) is 0 Å². The number of carboxylic acids is 1. The van der Waals surface area contributed by atoms with E-state index >= 15 is 0 Å². The predicted octanol–water partition coefficient (Wildman–Crippen LogP) is 0.661. The molecule has 3 aliphatic heterocycles. The van der Waals surface area contributed by atoms with Crippen LogP contribution in [0.4, 0.5) is 4.79 Å². The number of piperidine rings is 1. The van der Waals surface area contributed by atoms with Crippen LogP contribution < -0.4 is 5.43 Å². The summed E-state index contributed by atoms with van der Waals surface area (Å²) in [6.45, 7) is 2.73. The summed E-state index contributed by atoms with van der Waals surface area (Å²) in [5.41, 5.74) is 2.97. The Balaban J connectivity index is 1.56. The number of urea groups is 1. The number of hydrogen-bond donors (Lipinski definition) is 2. The molecule has 3 fully saturated rings. The van der Waals surface area contributed by atoms with Crippen molar-refractivity contribution in [3.63, 3.8) is 0 Å². The van der Waals surface area contributed by atoms with Crippen LogP contribution in [-0.4, -0.2) is 65.4 Å². The summed E-state index contributed by atoms with van der Waals surface area (Å²) < 4.78 is 5.27. The van der Waals surface area contributed by atoms with Gasteiger partial charge in [-0.3, -0.25) is 10.2 Å². The van der Waals surface area contributed by atoms with Crippen molar-refractivity contribution in [3.8, 4) is 0 Å².